The molecule has 2 amide bonds. The first-order valence-corrected chi connectivity index (χ1v) is 10.6. The maximum Gasteiger partial charge on any atom is 0.266 e. The fraction of sp³-hybridized carbons (Fsp3) is 0.167. The predicted molar refractivity (Wildman–Crippen MR) is 125 cm³/mol. The Hall–Kier alpha value is -3.16. The predicted octanol–water partition coefficient (Wildman–Crippen LogP) is 4.95. The van der Waals surface area contributed by atoms with Crippen LogP contribution in [0, 0.1) is 0 Å². The van der Waals surface area contributed by atoms with Crippen LogP contribution in [0.3, 0.4) is 0 Å². The number of imide groups is 1. The van der Waals surface area contributed by atoms with Crippen LogP contribution in [0.5, 0.6) is 5.75 Å². The number of rotatable bonds is 4. The van der Waals surface area contributed by atoms with Crippen LogP contribution in [0.15, 0.2) is 53.0 Å². The molecule has 3 aromatic carbocycles. The summed E-state index contributed by atoms with van der Waals surface area (Å²) in [6.07, 6.45) is 0. The summed E-state index contributed by atoms with van der Waals surface area (Å²) in [6, 6.07) is 14.7. The zero-order chi connectivity index (χ0) is 21.9. The van der Waals surface area contributed by atoms with Crippen molar-refractivity contribution in [3.8, 4) is 5.75 Å². The van der Waals surface area contributed by atoms with Gasteiger partial charge in [0.2, 0.25) is 0 Å². The molecule has 156 valence electrons. The average molecular weight is 478 g/mol. The number of carbonyl (C=O) groups is 2. The van der Waals surface area contributed by atoms with Crippen molar-refractivity contribution in [1.29, 1.82) is 0 Å². The third kappa shape index (κ3) is 2.96. The lowest BCUT2D eigenvalue weighted by Crippen LogP contribution is -2.29. The Morgan fingerprint density at radius 1 is 1.06 bits per heavy atom. The van der Waals surface area contributed by atoms with E-state index in [1.807, 2.05) is 55.4 Å². The van der Waals surface area contributed by atoms with E-state index < -0.39 is 0 Å². The normalized spacial score (nSPS) is 13.6. The van der Waals surface area contributed by atoms with Gasteiger partial charge in [-0.3, -0.25) is 9.59 Å². The maximum absolute atomic E-state index is 13.6. The largest absolute Gasteiger partial charge is 0.496 e. The average Bonchev–Trinajstić information content (AvgIpc) is 3.22. The Labute approximate surface area is 187 Å². The molecule has 0 aliphatic carbocycles. The Morgan fingerprint density at radius 2 is 1.81 bits per heavy atom. The van der Waals surface area contributed by atoms with Crippen LogP contribution in [0.25, 0.3) is 21.8 Å². The lowest BCUT2D eigenvalue weighted by Gasteiger charge is -2.13. The van der Waals surface area contributed by atoms with Crippen LogP contribution in [-0.2, 0) is 6.54 Å². The fourth-order valence-corrected chi connectivity index (χ4v) is 4.80. The third-order valence-electron chi connectivity index (χ3n) is 5.58. The lowest BCUT2D eigenvalue weighted by molar-refractivity contribution is 0.0926. The number of nitrogens with zero attached hydrogens (tertiary/aromatic N) is 2. The van der Waals surface area contributed by atoms with Crippen LogP contribution >= 0.6 is 15.9 Å². The molecule has 1 aliphatic rings. The van der Waals surface area contributed by atoms with E-state index in [9.17, 15) is 9.59 Å². The Bertz CT molecular complexity index is 1380. The van der Waals surface area contributed by atoms with Gasteiger partial charge in [0, 0.05) is 22.8 Å². The Balaban J connectivity index is 1.86. The maximum atomic E-state index is 13.6. The highest BCUT2D eigenvalue weighted by molar-refractivity contribution is 9.10. The number of amides is 2. The highest BCUT2D eigenvalue weighted by atomic mass is 79.9. The number of methoxy groups -OCH3 is 1. The third-order valence-corrected chi connectivity index (χ3v) is 6.20. The van der Waals surface area contributed by atoms with E-state index >= 15 is 0 Å². The zero-order valence-corrected chi connectivity index (χ0v) is 18.9. The van der Waals surface area contributed by atoms with Crippen LogP contribution < -0.4 is 9.64 Å². The molecule has 4 aromatic rings. The van der Waals surface area contributed by atoms with Crippen LogP contribution in [0.2, 0.25) is 0 Å². The summed E-state index contributed by atoms with van der Waals surface area (Å²) >= 11 is 3.54. The zero-order valence-electron chi connectivity index (χ0n) is 17.3. The fourth-order valence-electron chi connectivity index (χ4n) is 4.30. The molecule has 1 aliphatic heterocycles. The molecule has 0 radical (unpaired) electrons. The Kier molecular flexibility index (Phi) is 4.60. The number of aromatic amines is 1. The van der Waals surface area contributed by atoms with E-state index in [4.69, 9.17) is 4.74 Å². The molecule has 6 nitrogen and oxygen atoms in total. The van der Waals surface area contributed by atoms with Gasteiger partial charge in [-0.05, 0) is 65.9 Å². The van der Waals surface area contributed by atoms with E-state index in [2.05, 4.69) is 20.9 Å². The van der Waals surface area contributed by atoms with E-state index in [1.54, 1.807) is 19.2 Å². The van der Waals surface area contributed by atoms with Crippen molar-refractivity contribution in [1.82, 2.24) is 9.88 Å². The van der Waals surface area contributed by atoms with Crippen molar-refractivity contribution in [3.63, 3.8) is 0 Å². The Morgan fingerprint density at radius 3 is 2.48 bits per heavy atom. The first-order valence-electron chi connectivity index (χ1n) is 9.84. The molecule has 31 heavy (non-hydrogen) atoms. The second kappa shape index (κ2) is 7.21. The highest BCUT2D eigenvalue weighted by Crippen LogP contribution is 2.41. The number of nitrogens with one attached hydrogen (secondary N) is 1. The molecule has 0 fully saturated rings. The molecule has 1 N–H and O–H groups in total. The van der Waals surface area contributed by atoms with Gasteiger partial charge in [-0.1, -0.05) is 18.2 Å². The summed E-state index contributed by atoms with van der Waals surface area (Å²) in [4.78, 5) is 33.7. The molecule has 0 unspecified atom stereocenters. The highest BCUT2D eigenvalue weighted by Gasteiger charge is 2.39. The summed E-state index contributed by atoms with van der Waals surface area (Å²) < 4.78 is 6.31. The number of H-pyrrole nitrogens is 1. The second-order valence-electron chi connectivity index (χ2n) is 7.88. The number of halogens is 1. The SMILES string of the molecule is COc1cc2c(cc1Br)[nH]c1c(CN(C)C)cc3c(c12)C(=O)N(c1ccccc1)C3=O. The van der Waals surface area contributed by atoms with Gasteiger partial charge in [0.05, 0.1) is 33.9 Å². The van der Waals surface area contributed by atoms with Crippen molar-refractivity contribution >= 4 is 55.2 Å². The number of hydrogen-bond acceptors (Lipinski definition) is 4. The number of carbonyl (C=O) groups excluding carboxylic acids is 2. The summed E-state index contributed by atoms with van der Waals surface area (Å²) in [6.45, 7) is 0.627. The number of anilines is 1. The number of benzene rings is 3. The van der Waals surface area contributed by atoms with Crippen molar-refractivity contribution in [2.45, 2.75) is 6.54 Å². The molecule has 0 atom stereocenters. The van der Waals surface area contributed by atoms with Gasteiger partial charge in [0.1, 0.15) is 5.75 Å². The first-order chi connectivity index (χ1) is 14.9. The number of fused-ring (bicyclic) bond motifs is 5. The topological polar surface area (TPSA) is 65.6 Å². The van der Waals surface area contributed by atoms with Crippen molar-refractivity contribution in [2.75, 3.05) is 26.1 Å². The monoisotopic (exact) mass is 477 g/mol. The minimum atomic E-state index is -0.310. The van der Waals surface area contributed by atoms with Crippen molar-refractivity contribution < 1.29 is 14.3 Å². The smallest absolute Gasteiger partial charge is 0.266 e. The molecular weight excluding hydrogens is 458 g/mol. The molecule has 0 saturated heterocycles. The van der Waals surface area contributed by atoms with Gasteiger partial charge < -0.3 is 14.6 Å². The molecule has 0 saturated carbocycles. The quantitative estimate of drug-likeness (QED) is 0.422. The summed E-state index contributed by atoms with van der Waals surface area (Å²) in [7, 11) is 5.56. The minimum absolute atomic E-state index is 0.300. The molecular formula is C24H20BrN3O3. The number of para-hydroxylation sites is 1. The molecule has 7 heteroatoms. The van der Waals surface area contributed by atoms with E-state index in [0.717, 1.165) is 31.8 Å². The molecule has 1 aromatic heterocycles. The summed E-state index contributed by atoms with van der Waals surface area (Å²) in [5.41, 5.74) is 4.12. The van der Waals surface area contributed by atoms with Crippen LogP contribution in [-0.4, -0.2) is 42.9 Å². The number of aromatic nitrogens is 1. The molecule has 0 spiro atoms. The summed E-state index contributed by atoms with van der Waals surface area (Å²) in [5, 5.41) is 1.61. The van der Waals surface area contributed by atoms with Crippen LogP contribution in [0.1, 0.15) is 26.3 Å². The van der Waals surface area contributed by atoms with E-state index in [1.165, 1.54) is 4.90 Å². The number of hydrogen-bond donors (Lipinski definition) is 1. The van der Waals surface area contributed by atoms with Crippen molar-refractivity contribution in [3.05, 3.63) is 69.7 Å². The lowest BCUT2D eigenvalue weighted by atomic mass is 9.98. The second-order valence-corrected chi connectivity index (χ2v) is 8.74. The minimum Gasteiger partial charge on any atom is -0.496 e. The van der Waals surface area contributed by atoms with E-state index in [0.29, 0.717) is 29.1 Å². The molecule has 0 bridgehead atoms. The standard InChI is InChI=1S/C24H20BrN3O3/c1-27(2)12-13-9-16-21(24(30)28(23(16)29)14-7-5-4-6-8-14)20-15-10-19(31-3)17(25)11-18(15)26-22(13)20/h4-11,26H,12H2,1-3H3. The van der Waals surface area contributed by atoms with E-state index in [-0.39, 0.29) is 11.8 Å². The van der Waals surface area contributed by atoms with Crippen LogP contribution in [0.4, 0.5) is 5.69 Å². The number of ether oxygens (including phenoxy) is 1. The van der Waals surface area contributed by atoms with Gasteiger partial charge in [-0.15, -0.1) is 0 Å². The van der Waals surface area contributed by atoms with Gasteiger partial charge >= 0.3 is 0 Å². The van der Waals surface area contributed by atoms with Gasteiger partial charge in [0.15, 0.2) is 0 Å². The van der Waals surface area contributed by atoms with Gasteiger partial charge in [-0.25, -0.2) is 4.90 Å². The van der Waals surface area contributed by atoms with Crippen molar-refractivity contribution in [2.24, 2.45) is 0 Å². The molecule has 5 rings (SSSR count). The summed E-state index contributed by atoms with van der Waals surface area (Å²) in [5.74, 6) is 0.0544. The molecule has 2 heterocycles. The van der Waals surface area contributed by atoms with Gasteiger partial charge in [-0.2, -0.15) is 0 Å². The first kappa shape index (κ1) is 19.8. The van der Waals surface area contributed by atoms with Gasteiger partial charge in [0.25, 0.3) is 11.8 Å².